The Morgan fingerprint density at radius 2 is 2.00 bits per heavy atom. The number of benzene rings is 1. The molecular formula is C16H22NO3S+. The van der Waals surface area contributed by atoms with Gasteiger partial charge in [0, 0.05) is 10.9 Å². The van der Waals surface area contributed by atoms with Crippen molar-refractivity contribution in [3.8, 4) is 5.75 Å². The summed E-state index contributed by atoms with van der Waals surface area (Å²) in [6, 6.07) is 7.59. The molecule has 0 aliphatic carbocycles. The van der Waals surface area contributed by atoms with Gasteiger partial charge >= 0.3 is 5.97 Å². The van der Waals surface area contributed by atoms with E-state index in [0.29, 0.717) is 12.3 Å². The van der Waals surface area contributed by atoms with Crippen LogP contribution in [0.3, 0.4) is 0 Å². The molecule has 5 heteroatoms. The van der Waals surface area contributed by atoms with Crippen molar-refractivity contribution in [3.63, 3.8) is 0 Å². The molecule has 0 aliphatic heterocycles. The van der Waals surface area contributed by atoms with Crippen molar-refractivity contribution in [2.45, 2.75) is 32.4 Å². The van der Waals surface area contributed by atoms with Crippen LogP contribution in [0.2, 0.25) is 0 Å². The molecule has 1 N–H and O–H groups in total. The number of ether oxygens (including phenoxy) is 1. The lowest BCUT2D eigenvalue weighted by atomic mass is 10.2. The molecule has 1 unspecified atom stereocenters. The van der Waals surface area contributed by atoms with E-state index in [2.05, 4.69) is 32.0 Å². The Balaban J connectivity index is 2.24. The van der Waals surface area contributed by atoms with E-state index < -0.39 is 0 Å². The predicted octanol–water partition coefficient (Wildman–Crippen LogP) is 3.69. The molecule has 0 saturated carbocycles. The summed E-state index contributed by atoms with van der Waals surface area (Å²) >= 11 is -0.188. The number of hydrogen-bond donors (Lipinski definition) is 1. The van der Waals surface area contributed by atoms with Gasteiger partial charge in [-0.3, -0.25) is 4.18 Å². The summed E-state index contributed by atoms with van der Waals surface area (Å²) in [6.07, 6.45) is 2.09. The zero-order valence-corrected chi connectivity index (χ0v) is 14.0. The van der Waals surface area contributed by atoms with Gasteiger partial charge in [-0.2, -0.15) is 0 Å². The number of carbonyl (C=O) groups excluding carboxylic acids is 1. The van der Waals surface area contributed by atoms with Gasteiger partial charge in [0.2, 0.25) is 0 Å². The number of hydrogen-bond acceptors (Lipinski definition) is 3. The summed E-state index contributed by atoms with van der Waals surface area (Å²) in [7, 11) is 0. The Morgan fingerprint density at radius 3 is 2.62 bits per heavy atom. The highest BCUT2D eigenvalue weighted by atomic mass is 32.2. The molecule has 4 nitrogen and oxygen atoms in total. The summed E-state index contributed by atoms with van der Waals surface area (Å²) in [4.78, 5) is 14.8. The number of fused-ring (bicyclic) bond motifs is 1. The van der Waals surface area contributed by atoms with Crippen LogP contribution in [0.15, 0.2) is 24.3 Å². The molecule has 2 aromatic rings. The Morgan fingerprint density at radius 1 is 1.29 bits per heavy atom. The number of H-pyrrole nitrogens is 1. The van der Waals surface area contributed by atoms with Gasteiger partial charge in [-0.05, 0) is 52.0 Å². The van der Waals surface area contributed by atoms with E-state index in [-0.39, 0.29) is 21.9 Å². The van der Waals surface area contributed by atoms with Gasteiger partial charge in [-0.1, -0.05) is 0 Å². The molecule has 0 aliphatic rings. The van der Waals surface area contributed by atoms with Gasteiger partial charge in [0.15, 0.2) is 21.7 Å². The molecule has 0 amide bonds. The molecule has 0 saturated heterocycles. The van der Waals surface area contributed by atoms with E-state index in [1.807, 2.05) is 18.2 Å². The lowest BCUT2D eigenvalue weighted by Gasteiger charge is -2.15. The third-order valence-electron chi connectivity index (χ3n) is 3.17. The number of esters is 1. The average molecular weight is 308 g/mol. The number of aromatic amines is 1. The first-order valence-corrected chi connectivity index (χ1v) is 8.51. The first-order chi connectivity index (χ1) is 9.81. The maximum absolute atomic E-state index is 11.7. The minimum absolute atomic E-state index is 0.100. The van der Waals surface area contributed by atoms with Crippen LogP contribution in [0.1, 0.15) is 38.2 Å². The van der Waals surface area contributed by atoms with Crippen LogP contribution in [0, 0.1) is 0 Å². The Bertz CT molecular complexity index is 642. The smallest absolute Gasteiger partial charge is 0.354 e. The number of nitrogens with one attached hydrogen (secondary N) is 1. The highest BCUT2D eigenvalue weighted by Gasteiger charge is 2.33. The number of rotatable bonds is 4. The standard InChI is InChI=1S/C16H21NO3S/c1-6-19-15(18)14-10-11-9-12(7-8-13(11)17-14)20-21(5)16(2,3)4/h7-10H,6H2,1-5H3/p+1. The number of carbonyl (C=O) groups is 1. The van der Waals surface area contributed by atoms with Gasteiger partial charge in [0.1, 0.15) is 11.9 Å². The number of aromatic nitrogens is 1. The monoisotopic (exact) mass is 308 g/mol. The SMILES string of the molecule is CCOC(=O)c1cc2cc(O[S+](C)C(C)(C)C)ccc2[nH]1. The lowest BCUT2D eigenvalue weighted by molar-refractivity contribution is 0.0520. The highest BCUT2D eigenvalue weighted by molar-refractivity contribution is 7.93. The Hall–Kier alpha value is -1.62. The molecule has 114 valence electrons. The minimum Gasteiger partial charge on any atom is -0.461 e. The molecule has 0 fully saturated rings. The summed E-state index contributed by atoms with van der Waals surface area (Å²) < 4.78 is 11.1. The van der Waals surface area contributed by atoms with Crippen molar-refractivity contribution in [3.05, 3.63) is 30.0 Å². The second kappa shape index (κ2) is 6.02. The largest absolute Gasteiger partial charge is 0.461 e. The summed E-state index contributed by atoms with van der Waals surface area (Å²) in [5, 5.41) is 0.946. The zero-order valence-electron chi connectivity index (χ0n) is 13.1. The summed E-state index contributed by atoms with van der Waals surface area (Å²) in [5.74, 6) is 0.485. The third kappa shape index (κ3) is 3.73. The van der Waals surface area contributed by atoms with Crippen molar-refractivity contribution in [2.75, 3.05) is 12.9 Å². The fourth-order valence-corrected chi connectivity index (χ4v) is 2.39. The normalized spacial score (nSPS) is 13.2. The van der Waals surface area contributed by atoms with Crippen LogP contribution in [0.25, 0.3) is 10.9 Å². The van der Waals surface area contributed by atoms with Crippen LogP contribution in [-0.2, 0) is 15.9 Å². The van der Waals surface area contributed by atoms with Crippen LogP contribution < -0.4 is 4.18 Å². The first kappa shape index (κ1) is 15.8. The van der Waals surface area contributed by atoms with Crippen molar-refractivity contribution in [1.29, 1.82) is 0 Å². The molecule has 2 rings (SSSR count). The quantitative estimate of drug-likeness (QED) is 0.692. The fraction of sp³-hybridized carbons (Fsp3) is 0.438. The molecular weight excluding hydrogens is 286 g/mol. The van der Waals surface area contributed by atoms with Crippen LogP contribution in [0.4, 0.5) is 0 Å². The Kier molecular flexibility index (Phi) is 4.52. The van der Waals surface area contributed by atoms with Crippen molar-refractivity contribution in [2.24, 2.45) is 0 Å². The van der Waals surface area contributed by atoms with Crippen LogP contribution >= 0.6 is 0 Å². The predicted molar refractivity (Wildman–Crippen MR) is 87.9 cm³/mol. The van der Waals surface area contributed by atoms with E-state index in [1.165, 1.54) is 0 Å². The maximum Gasteiger partial charge on any atom is 0.354 e. The van der Waals surface area contributed by atoms with Gasteiger partial charge < -0.3 is 9.72 Å². The van der Waals surface area contributed by atoms with E-state index in [4.69, 9.17) is 8.92 Å². The second-order valence-electron chi connectivity index (χ2n) is 5.80. The van der Waals surface area contributed by atoms with Crippen LogP contribution in [0.5, 0.6) is 5.75 Å². The lowest BCUT2D eigenvalue weighted by Crippen LogP contribution is -2.31. The zero-order chi connectivity index (χ0) is 15.6. The molecule has 0 radical (unpaired) electrons. The minimum atomic E-state index is -0.332. The van der Waals surface area contributed by atoms with E-state index >= 15 is 0 Å². The fourth-order valence-electron chi connectivity index (χ4n) is 1.75. The molecule has 21 heavy (non-hydrogen) atoms. The van der Waals surface area contributed by atoms with Gasteiger partial charge in [-0.15, -0.1) is 0 Å². The van der Waals surface area contributed by atoms with Gasteiger partial charge in [0.05, 0.1) is 6.61 Å². The van der Waals surface area contributed by atoms with Crippen molar-refractivity contribution < 1.29 is 13.7 Å². The third-order valence-corrected chi connectivity index (χ3v) is 5.34. The highest BCUT2D eigenvalue weighted by Crippen LogP contribution is 2.26. The second-order valence-corrected chi connectivity index (χ2v) is 8.10. The topological polar surface area (TPSA) is 51.3 Å². The van der Waals surface area contributed by atoms with Crippen molar-refractivity contribution in [1.82, 2.24) is 4.98 Å². The van der Waals surface area contributed by atoms with Crippen molar-refractivity contribution >= 4 is 28.0 Å². The summed E-state index contributed by atoms with van der Waals surface area (Å²) in [6.45, 7) is 8.63. The van der Waals surface area contributed by atoms with E-state index in [0.717, 1.165) is 16.7 Å². The van der Waals surface area contributed by atoms with Crippen LogP contribution in [-0.4, -0.2) is 28.6 Å². The maximum atomic E-state index is 11.7. The van der Waals surface area contributed by atoms with E-state index in [1.54, 1.807) is 13.0 Å². The van der Waals surface area contributed by atoms with Gasteiger partial charge in [0.25, 0.3) is 0 Å². The molecule has 1 aromatic heterocycles. The molecule has 1 atom stereocenters. The summed E-state index contributed by atoms with van der Waals surface area (Å²) in [5.41, 5.74) is 1.37. The average Bonchev–Trinajstić information content (AvgIpc) is 2.81. The molecule has 1 aromatic carbocycles. The molecule has 1 heterocycles. The molecule has 0 bridgehead atoms. The van der Waals surface area contributed by atoms with E-state index in [9.17, 15) is 4.79 Å². The first-order valence-electron chi connectivity index (χ1n) is 6.95. The van der Waals surface area contributed by atoms with Gasteiger partial charge in [-0.25, -0.2) is 4.79 Å². The Labute approximate surface area is 128 Å². The molecule has 0 spiro atoms.